The fraction of sp³-hybridized carbons (Fsp3) is 0.222. The summed E-state index contributed by atoms with van der Waals surface area (Å²) in [6.07, 6.45) is -0.250. The maximum Gasteiger partial charge on any atom is 0.268 e. The Morgan fingerprint density at radius 3 is 2.58 bits per heavy atom. The van der Waals surface area contributed by atoms with Gasteiger partial charge in [-0.25, -0.2) is 0 Å². The van der Waals surface area contributed by atoms with Gasteiger partial charge in [-0.05, 0) is 42.0 Å². The monoisotopic (exact) mass is 326 g/mol. The molecule has 0 radical (unpaired) electrons. The van der Waals surface area contributed by atoms with Crippen molar-refractivity contribution in [2.45, 2.75) is 12.5 Å². The minimum Gasteiger partial charge on any atom is -0.497 e. The summed E-state index contributed by atoms with van der Waals surface area (Å²) in [5.74, 6) is 1.11. The van der Waals surface area contributed by atoms with E-state index in [1.54, 1.807) is 26.4 Å². The highest BCUT2D eigenvalue weighted by Gasteiger charge is 2.29. The molecule has 1 N–H and O–H groups in total. The first kappa shape index (κ1) is 15.9. The van der Waals surface area contributed by atoms with E-state index in [0.29, 0.717) is 17.9 Å². The van der Waals surface area contributed by atoms with Crippen molar-refractivity contribution in [2.75, 3.05) is 19.5 Å². The number of carbonyl (C=O) groups is 1. The van der Waals surface area contributed by atoms with E-state index in [4.69, 9.17) is 14.3 Å². The summed E-state index contributed by atoms with van der Waals surface area (Å²) in [5, 5.41) is 6.84. The van der Waals surface area contributed by atoms with Crippen LogP contribution in [0.5, 0.6) is 11.5 Å². The van der Waals surface area contributed by atoms with Gasteiger partial charge in [0.2, 0.25) is 6.10 Å². The van der Waals surface area contributed by atoms with Gasteiger partial charge in [-0.3, -0.25) is 4.79 Å². The van der Waals surface area contributed by atoms with Crippen molar-refractivity contribution < 1.29 is 19.1 Å². The van der Waals surface area contributed by atoms with Crippen molar-refractivity contribution in [1.82, 2.24) is 0 Å². The zero-order valence-electron chi connectivity index (χ0n) is 13.5. The van der Waals surface area contributed by atoms with Crippen LogP contribution in [0.1, 0.15) is 12.0 Å². The molecular formula is C18H18N2O4. The van der Waals surface area contributed by atoms with Gasteiger partial charge in [-0.2, -0.15) is 0 Å². The summed E-state index contributed by atoms with van der Waals surface area (Å²) in [7, 11) is 3.17. The summed E-state index contributed by atoms with van der Waals surface area (Å²) in [6.45, 7) is 0. The molecular weight excluding hydrogens is 308 g/mol. The van der Waals surface area contributed by atoms with Crippen LogP contribution in [0.4, 0.5) is 5.69 Å². The Morgan fingerprint density at radius 2 is 1.88 bits per heavy atom. The van der Waals surface area contributed by atoms with E-state index in [2.05, 4.69) is 10.5 Å². The molecule has 1 atom stereocenters. The zero-order valence-corrected chi connectivity index (χ0v) is 13.5. The normalized spacial score (nSPS) is 16.1. The van der Waals surface area contributed by atoms with Crippen molar-refractivity contribution >= 4 is 17.3 Å². The van der Waals surface area contributed by atoms with E-state index < -0.39 is 6.10 Å². The first-order valence-electron chi connectivity index (χ1n) is 7.52. The molecule has 24 heavy (non-hydrogen) atoms. The molecule has 1 amide bonds. The van der Waals surface area contributed by atoms with Gasteiger partial charge in [0, 0.05) is 6.42 Å². The number of hydrogen-bond donors (Lipinski definition) is 1. The Morgan fingerprint density at radius 1 is 1.12 bits per heavy atom. The quantitative estimate of drug-likeness (QED) is 0.917. The SMILES string of the molecule is COc1ccc(C2=NOC(C(=O)Nc3ccccc3OC)C2)cc1. The van der Waals surface area contributed by atoms with Gasteiger partial charge in [0.15, 0.2) is 0 Å². The molecule has 0 saturated heterocycles. The van der Waals surface area contributed by atoms with Crippen molar-refractivity contribution in [2.24, 2.45) is 5.16 Å². The lowest BCUT2D eigenvalue weighted by Gasteiger charge is -2.12. The van der Waals surface area contributed by atoms with E-state index in [-0.39, 0.29) is 5.91 Å². The third kappa shape index (κ3) is 3.32. The number of anilines is 1. The Hall–Kier alpha value is -3.02. The summed E-state index contributed by atoms with van der Waals surface area (Å²) in [6, 6.07) is 14.7. The molecule has 2 aromatic carbocycles. The Bertz CT molecular complexity index is 756. The number of carbonyl (C=O) groups excluding carboxylic acids is 1. The number of rotatable bonds is 5. The second-order valence-corrected chi connectivity index (χ2v) is 5.25. The van der Waals surface area contributed by atoms with E-state index in [9.17, 15) is 4.79 Å². The standard InChI is InChI=1S/C18H18N2O4/c1-22-13-9-7-12(8-10-13)15-11-17(24-20-15)18(21)19-14-5-3-4-6-16(14)23-2/h3-10,17H,11H2,1-2H3,(H,19,21). The molecule has 3 rings (SSSR count). The average molecular weight is 326 g/mol. The molecule has 0 aromatic heterocycles. The molecule has 0 fully saturated rings. The second-order valence-electron chi connectivity index (χ2n) is 5.25. The highest BCUT2D eigenvalue weighted by molar-refractivity contribution is 6.06. The first-order chi connectivity index (χ1) is 11.7. The van der Waals surface area contributed by atoms with Gasteiger partial charge in [0.05, 0.1) is 25.6 Å². The van der Waals surface area contributed by atoms with Crippen molar-refractivity contribution in [1.29, 1.82) is 0 Å². The lowest BCUT2D eigenvalue weighted by Crippen LogP contribution is -2.28. The number of oxime groups is 1. The third-order valence-corrected chi connectivity index (χ3v) is 3.75. The highest BCUT2D eigenvalue weighted by Crippen LogP contribution is 2.25. The van der Waals surface area contributed by atoms with E-state index >= 15 is 0 Å². The number of hydrogen-bond acceptors (Lipinski definition) is 5. The number of nitrogens with one attached hydrogen (secondary N) is 1. The molecule has 1 heterocycles. The minimum atomic E-state index is -0.660. The number of ether oxygens (including phenoxy) is 2. The number of benzene rings is 2. The minimum absolute atomic E-state index is 0.258. The van der Waals surface area contributed by atoms with E-state index in [1.807, 2.05) is 36.4 Å². The average Bonchev–Trinajstić information content (AvgIpc) is 3.12. The molecule has 2 aromatic rings. The van der Waals surface area contributed by atoms with Crippen LogP contribution in [0.25, 0.3) is 0 Å². The molecule has 0 saturated carbocycles. The lowest BCUT2D eigenvalue weighted by molar-refractivity contribution is -0.125. The molecule has 0 aliphatic carbocycles. The summed E-state index contributed by atoms with van der Waals surface area (Å²) < 4.78 is 10.4. The predicted molar refractivity (Wildman–Crippen MR) is 90.6 cm³/mol. The van der Waals surface area contributed by atoms with E-state index in [0.717, 1.165) is 17.0 Å². The van der Waals surface area contributed by atoms with Crippen LogP contribution in [0, 0.1) is 0 Å². The molecule has 6 heteroatoms. The van der Waals surface area contributed by atoms with Gasteiger partial charge in [-0.1, -0.05) is 17.3 Å². The predicted octanol–water partition coefficient (Wildman–Crippen LogP) is 2.84. The fourth-order valence-electron chi connectivity index (χ4n) is 2.43. The van der Waals surface area contributed by atoms with Gasteiger partial charge in [-0.15, -0.1) is 0 Å². The molecule has 0 bridgehead atoms. The van der Waals surface area contributed by atoms with Crippen LogP contribution >= 0.6 is 0 Å². The summed E-state index contributed by atoms with van der Waals surface area (Å²) >= 11 is 0. The van der Waals surface area contributed by atoms with Crippen LogP contribution < -0.4 is 14.8 Å². The Labute approximate surface area is 140 Å². The van der Waals surface area contributed by atoms with Gasteiger partial charge < -0.3 is 19.6 Å². The topological polar surface area (TPSA) is 69.2 Å². The number of methoxy groups -OCH3 is 2. The highest BCUT2D eigenvalue weighted by atomic mass is 16.6. The van der Waals surface area contributed by atoms with Crippen molar-refractivity contribution in [3.8, 4) is 11.5 Å². The Balaban J connectivity index is 1.64. The van der Waals surface area contributed by atoms with Crippen LogP contribution in [0.2, 0.25) is 0 Å². The molecule has 6 nitrogen and oxygen atoms in total. The summed E-state index contributed by atoms with van der Waals surface area (Å²) in [5.41, 5.74) is 2.24. The molecule has 1 aliphatic heterocycles. The third-order valence-electron chi connectivity index (χ3n) is 3.75. The first-order valence-corrected chi connectivity index (χ1v) is 7.52. The van der Waals surface area contributed by atoms with Crippen LogP contribution in [-0.2, 0) is 9.63 Å². The molecule has 1 unspecified atom stereocenters. The van der Waals surface area contributed by atoms with Gasteiger partial charge in [0.1, 0.15) is 11.5 Å². The van der Waals surface area contributed by atoms with Gasteiger partial charge >= 0.3 is 0 Å². The lowest BCUT2D eigenvalue weighted by atomic mass is 10.0. The summed E-state index contributed by atoms with van der Waals surface area (Å²) in [4.78, 5) is 17.7. The number of para-hydroxylation sites is 2. The molecule has 1 aliphatic rings. The molecule has 124 valence electrons. The van der Waals surface area contributed by atoms with Gasteiger partial charge in [0.25, 0.3) is 5.91 Å². The number of amides is 1. The number of nitrogens with zero attached hydrogens (tertiary/aromatic N) is 1. The van der Waals surface area contributed by atoms with Crippen LogP contribution in [0.3, 0.4) is 0 Å². The zero-order chi connectivity index (χ0) is 16.9. The maximum absolute atomic E-state index is 12.4. The second kappa shape index (κ2) is 7.04. The van der Waals surface area contributed by atoms with Crippen molar-refractivity contribution in [3.05, 3.63) is 54.1 Å². The molecule has 0 spiro atoms. The smallest absolute Gasteiger partial charge is 0.268 e. The fourth-order valence-corrected chi connectivity index (χ4v) is 2.43. The Kier molecular flexibility index (Phi) is 4.65. The van der Waals surface area contributed by atoms with Crippen LogP contribution in [0.15, 0.2) is 53.7 Å². The van der Waals surface area contributed by atoms with E-state index in [1.165, 1.54) is 0 Å². The van der Waals surface area contributed by atoms with Crippen LogP contribution in [-0.4, -0.2) is 31.9 Å². The largest absolute Gasteiger partial charge is 0.497 e. The maximum atomic E-state index is 12.4. The van der Waals surface area contributed by atoms with Crippen molar-refractivity contribution in [3.63, 3.8) is 0 Å².